The van der Waals surface area contributed by atoms with Crippen molar-refractivity contribution in [3.63, 3.8) is 0 Å². The maximum Gasteiger partial charge on any atom is 0.269 e. The summed E-state index contributed by atoms with van der Waals surface area (Å²) < 4.78 is 0. The van der Waals surface area contributed by atoms with Gasteiger partial charge in [-0.1, -0.05) is 6.04 Å². The Balaban J connectivity index is 2.59. The van der Waals surface area contributed by atoms with Gasteiger partial charge in [-0.25, -0.2) is 0 Å². The number of nitrogens with zero attached hydrogens (tertiary/aromatic N) is 1. The summed E-state index contributed by atoms with van der Waals surface area (Å²) in [5, 5.41) is 13.2. The lowest BCUT2D eigenvalue weighted by Crippen LogP contribution is -2.24. The zero-order valence-electron chi connectivity index (χ0n) is 9.10. The van der Waals surface area contributed by atoms with E-state index < -0.39 is 4.92 Å². The third kappa shape index (κ3) is 3.47. The Morgan fingerprint density at radius 3 is 2.50 bits per heavy atom. The van der Waals surface area contributed by atoms with E-state index in [0.717, 1.165) is 22.7 Å². The molecule has 0 fully saturated rings. The number of amides is 1. The van der Waals surface area contributed by atoms with Gasteiger partial charge >= 0.3 is 0 Å². The van der Waals surface area contributed by atoms with E-state index in [1.807, 2.05) is 0 Å². The molecule has 0 aliphatic carbocycles. The Bertz CT molecular complexity index is 378. The van der Waals surface area contributed by atoms with E-state index in [4.69, 9.17) is 0 Å². The number of nitro groups is 1. The number of carbonyl (C=O) groups is 1. The second kappa shape index (κ2) is 6.01. The van der Waals surface area contributed by atoms with Crippen LogP contribution in [0.1, 0.15) is 16.8 Å². The summed E-state index contributed by atoms with van der Waals surface area (Å²) in [6.07, 6.45) is 0.991. The van der Waals surface area contributed by atoms with Gasteiger partial charge in [0.2, 0.25) is 0 Å². The Hall–Kier alpha value is -1.69. The molecule has 0 radical (unpaired) electrons. The summed E-state index contributed by atoms with van der Waals surface area (Å²) in [5.74, 6) is -0.176. The van der Waals surface area contributed by atoms with Crippen LogP contribution in [0.2, 0.25) is 6.04 Å². The van der Waals surface area contributed by atoms with E-state index in [1.165, 1.54) is 24.3 Å². The minimum Gasteiger partial charge on any atom is -0.352 e. The first-order chi connectivity index (χ1) is 7.65. The van der Waals surface area contributed by atoms with Crippen LogP contribution in [-0.2, 0) is 0 Å². The SMILES string of the molecule is O=C(NCCC[SiH3])c1ccc([N+](=O)[O-])cc1. The fourth-order valence-corrected chi connectivity index (χ4v) is 1.57. The molecule has 0 aliphatic rings. The Morgan fingerprint density at radius 2 is 2.00 bits per heavy atom. The normalized spacial score (nSPS) is 10.0. The number of nitrogens with one attached hydrogen (secondary N) is 1. The molecule has 0 atom stereocenters. The number of hydrogen-bond acceptors (Lipinski definition) is 3. The zero-order chi connectivity index (χ0) is 12.0. The maximum absolute atomic E-state index is 11.5. The molecule has 1 aromatic carbocycles. The molecule has 1 rings (SSSR count). The summed E-state index contributed by atoms with van der Waals surface area (Å²) in [6, 6.07) is 6.76. The largest absolute Gasteiger partial charge is 0.352 e. The standard InChI is InChI=1S/C10H14N2O3Si/c13-10(11-6-1-7-16)8-2-4-9(5-3-8)12(14)15/h2-5H,1,6-7H2,16H3,(H,11,13). The highest BCUT2D eigenvalue weighted by molar-refractivity contribution is 6.08. The third-order valence-electron chi connectivity index (χ3n) is 2.16. The lowest BCUT2D eigenvalue weighted by Gasteiger charge is -2.03. The summed E-state index contributed by atoms with van der Waals surface area (Å²) in [4.78, 5) is 21.5. The van der Waals surface area contributed by atoms with Gasteiger partial charge in [-0.3, -0.25) is 14.9 Å². The number of hydrogen-bond donors (Lipinski definition) is 1. The lowest BCUT2D eigenvalue weighted by molar-refractivity contribution is -0.384. The van der Waals surface area contributed by atoms with Gasteiger partial charge in [0.1, 0.15) is 0 Å². The molecule has 1 aromatic rings. The zero-order valence-corrected chi connectivity index (χ0v) is 11.1. The molecule has 0 saturated carbocycles. The third-order valence-corrected chi connectivity index (χ3v) is 2.86. The van der Waals surface area contributed by atoms with Crippen molar-refractivity contribution in [2.24, 2.45) is 0 Å². The number of rotatable bonds is 5. The van der Waals surface area contributed by atoms with E-state index in [9.17, 15) is 14.9 Å². The summed E-state index contributed by atoms with van der Waals surface area (Å²) >= 11 is 0. The van der Waals surface area contributed by atoms with Gasteiger partial charge in [0.15, 0.2) is 0 Å². The van der Waals surface area contributed by atoms with E-state index >= 15 is 0 Å². The molecule has 0 heterocycles. The Morgan fingerprint density at radius 1 is 1.38 bits per heavy atom. The Labute approximate surface area is 96.4 Å². The molecule has 1 N–H and O–H groups in total. The van der Waals surface area contributed by atoms with Gasteiger partial charge in [-0.15, -0.1) is 0 Å². The summed E-state index contributed by atoms with van der Waals surface area (Å²) in [5.41, 5.74) is 0.454. The monoisotopic (exact) mass is 238 g/mol. The topological polar surface area (TPSA) is 72.2 Å². The smallest absolute Gasteiger partial charge is 0.269 e. The maximum atomic E-state index is 11.5. The highest BCUT2D eigenvalue weighted by Gasteiger charge is 2.08. The predicted octanol–water partition coefficient (Wildman–Crippen LogP) is 0.498. The number of non-ortho nitro benzene ring substituents is 1. The first kappa shape index (κ1) is 12.4. The van der Waals surface area contributed by atoms with Crippen LogP contribution >= 0.6 is 0 Å². The molecule has 16 heavy (non-hydrogen) atoms. The molecular formula is C10H14N2O3Si. The van der Waals surface area contributed by atoms with Crippen molar-refractivity contribution >= 4 is 21.8 Å². The van der Waals surface area contributed by atoms with Crippen LogP contribution in [0.3, 0.4) is 0 Å². The van der Waals surface area contributed by atoms with Gasteiger partial charge in [-0.2, -0.15) is 0 Å². The summed E-state index contributed by atoms with van der Waals surface area (Å²) in [6.45, 7) is 0.666. The van der Waals surface area contributed by atoms with E-state index in [1.54, 1.807) is 0 Å². The van der Waals surface area contributed by atoms with Crippen LogP contribution in [-0.4, -0.2) is 27.6 Å². The van der Waals surface area contributed by atoms with Gasteiger partial charge in [0, 0.05) is 34.5 Å². The molecule has 0 bridgehead atoms. The predicted molar refractivity (Wildman–Crippen MR) is 64.8 cm³/mol. The first-order valence-electron chi connectivity index (χ1n) is 5.17. The second-order valence-corrected chi connectivity index (χ2v) is 4.41. The van der Waals surface area contributed by atoms with Crippen molar-refractivity contribution in [3.8, 4) is 0 Å². The van der Waals surface area contributed by atoms with Crippen molar-refractivity contribution < 1.29 is 9.72 Å². The quantitative estimate of drug-likeness (QED) is 0.351. The average molecular weight is 238 g/mol. The van der Waals surface area contributed by atoms with Crippen molar-refractivity contribution in [2.75, 3.05) is 6.54 Å². The minimum atomic E-state index is -0.483. The van der Waals surface area contributed by atoms with Crippen LogP contribution in [0.4, 0.5) is 5.69 Å². The fourth-order valence-electron chi connectivity index (χ4n) is 1.22. The molecule has 1 amide bonds. The van der Waals surface area contributed by atoms with Crippen LogP contribution in [0.15, 0.2) is 24.3 Å². The molecule has 0 aromatic heterocycles. The molecule has 0 aliphatic heterocycles. The highest BCUT2D eigenvalue weighted by Crippen LogP contribution is 2.11. The molecule has 0 unspecified atom stereocenters. The number of nitro benzene ring substituents is 1. The highest BCUT2D eigenvalue weighted by atomic mass is 28.1. The number of carbonyl (C=O) groups excluding carboxylic acids is 1. The van der Waals surface area contributed by atoms with Crippen LogP contribution in [0.5, 0.6) is 0 Å². The lowest BCUT2D eigenvalue weighted by atomic mass is 10.2. The van der Waals surface area contributed by atoms with Gasteiger partial charge in [0.25, 0.3) is 11.6 Å². The van der Waals surface area contributed by atoms with Gasteiger partial charge < -0.3 is 5.32 Å². The van der Waals surface area contributed by atoms with E-state index in [2.05, 4.69) is 5.32 Å². The van der Waals surface area contributed by atoms with Crippen LogP contribution in [0, 0.1) is 10.1 Å². The molecule has 5 nitrogen and oxygen atoms in total. The van der Waals surface area contributed by atoms with Crippen molar-refractivity contribution in [2.45, 2.75) is 12.5 Å². The summed E-state index contributed by atoms with van der Waals surface area (Å²) in [7, 11) is 1.14. The van der Waals surface area contributed by atoms with Crippen LogP contribution < -0.4 is 5.32 Å². The van der Waals surface area contributed by atoms with Crippen molar-refractivity contribution in [1.29, 1.82) is 0 Å². The Kier molecular flexibility index (Phi) is 4.65. The molecule has 0 spiro atoms. The average Bonchev–Trinajstić information content (AvgIpc) is 2.29. The molecule has 0 saturated heterocycles. The van der Waals surface area contributed by atoms with Gasteiger partial charge in [-0.05, 0) is 18.6 Å². The van der Waals surface area contributed by atoms with Crippen molar-refractivity contribution in [3.05, 3.63) is 39.9 Å². The van der Waals surface area contributed by atoms with Crippen molar-refractivity contribution in [1.82, 2.24) is 5.32 Å². The number of benzene rings is 1. The first-order valence-corrected chi connectivity index (χ1v) is 6.59. The second-order valence-electron chi connectivity index (χ2n) is 3.41. The molecule has 86 valence electrons. The molecular weight excluding hydrogens is 224 g/mol. The van der Waals surface area contributed by atoms with E-state index in [0.29, 0.717) is 12.1 Å². The van der Waals surface area contributed by atoms with Gasteiger partial charge in [0.05, 0.1) is 4.92 Å². The fraction of sp³-hybridized carbons (Fsp3) is 0.300. The minimum absolute atomic E-state index is 0.00360. The molecule has 6 heteroatoms. The van der Waals surface area contributed by atoms with Crippen LogP contribution in [0.25, 0.3) is 0 Å². The van der Waals surface area contributed by atoms with E-state index in [-0.39, 0.29) is 11.6 Å².